The molecule has 1 heterocycles. The maximum atomic E-state index is 12.5. The van der Waals surface area contributed by atoms with Crippen molar-refractivity contribution in [2.45, 2.75) is 57.9 Å². The summed E-state index contributed by atoms with van der Waals surface area (Å²) < 4.78 is 0. The molecule has 0 aromatic rings. The predicted molar refractivity (Wildman–Crippen MR) is 77.1 cm³/mol. The molecule has 2 aliphatic rings. The van der Waals surface area contributed by atoms with Crippen LogP contribution in [0.5, 0.6) is 0 Å². The van der Waals surface area contributed by atoms with Crippen molar-refractivity contribution in [2.75, 3.05) is 19.6 Å². The number of nitrogens with zero attached hydrogens (tertiary/aromatic N) is 1. The minimum absolute atomic E-state index is 0. The van der Waals surface area contributed by atoms with Gasteiger partial charge < -0.3 is 10.2 Å². The van der Waals surface area contributed by atoms with Crippen LogP contribution in [0.1, 0.15) is 51.9 Å². The Labute approximate surface area is 117 Å². The van der Waals surface area contributed by atoms with Crippen molar-refractivity contribution in [1.82, 2.24) is 10.2 Å². The molecule has 0 aromatic carbocycles. The lowest BCUT2D eigenvalue weighted by molar-refractivity contribution is -0.137. The third-order valence-corrected chi connectivity index (χ3v) is 4.13. The SMILES string of the molecule is CC1CN(C(=O)C2CCCCCCC2)CCN1.Cl. The third kappa shape index (κ3) is 4.43. The number of carbonyl (C=O) groups excluding carboxylic acids is 1. The molecule has 1 N–H and O–H groups in total. The molecule has 1 atom stereocenters. The molecular weight excluding hydrogens is 248 g/mol. The molecule has 18 heavy (non-hydrogen) atoms. The van der Waals surface area contributed by atoms with E-state index in [-0.39, 0.29) is 12.4 Å². The molecule has 0 bridgehead atoms. The first-order chi connectivity index (χ1) is 8.27. The quantitative estimate of drug-likeness (QED) is 0.797. The highest BCUT2D eigenvalue weighted by molar-refractivity contribution is 5.85. The first-order valence-corrected chi connectivity index (χ1v) is 7.29. The molecule has 0 aromatic heterocycles. The van der Waals surface area contributed by atoms with Crippen molar-refractivity contribution in [3.05, 3.63) is 0 Å². The highest BCUT2D eigenvalue weighted by atomic mass is 35.5. The van der Waals surface area contributed by atoms with Gasteiger partial charge in [0.2, 0.25) is 5.91 Å². The largest absolute Gasteiger partial charge is 0.340 e. The van der Waals surface area contributed by atoms with Crippen molar-refractivity contribution in [1.29, 1.82) is 0 Å². The highest BCUT2D eigenvalue weighted by Crippen LogP contribution is 2.24. The molecular formula is C14H27ClN2O. The maximum absolute atomic E-state index is 12.5. The summed E-state index contributed by atoms with van der Waals surface area (Å²) in [6, 6.07) is 0.459. The van der Waals surface area contributed by atoms with E-state index in [1.807, 2.05) is 0 Å². The Kier molecular flexibility index (Phi) is 7.02. The number of hydrogen-bond acceptors (Lipinski definition) is 2. The van der Waals surface area contributed by atoms with Gasteiger partial charge >= 0.3 is 0 Å². The van der Waals surface area contributed by atoms with E-state index < -0.39 is 0 Å². The molecule has 1 unspecified atom stereocenters. The van der Waals surface area contributed by atoms with Gasteiger partial charge in [-0.2, -0.15) is 0 Å². The number of amides is 1. The molecule has 1 aliphatic carbocycles. The molecule has 2 rings (SSSR count). The van der Waals surface area contributed by atoms with E-state index >= 15 is 0 Å². The fraction of sp³-hybridized carbons (Fsp3) is 0.929. The molecule has 106 valence electrons. The normalized spacial score (nSPS) is 26.9. The standard InChI is InChI=1S/C14H26N2O.ClH/c1-12-11-16(10-9-15-12)14(17)13-7-5-3-2-4-6-8-13;/h12-13,15H,2-11H2,1H3;1H. The van der Waals surface area contributed by atoms with Gasteiger partial charge in [0.15, 0.2) is 0 Å². The van der Waals surface area contributed by atoms with Crippen LogP contribution in [0.4, 0.5) is 0 Å². The Bertz CT molecular complexity index is 252. The average Bonchev–Trinajstić information content (AvgIpc) is 2.28. The second-order valence-corrected chi connectivity index (χ2v) is 5.68. The van der Waals surface area contributed by atoms with Crippen molar-refractivity contribution < 1.29 is 4.79 Å². The van der Waals surface area contributed by atoms with Gasteiger partial charge in [0, 0.05) is 31.6 Å². The van der Waals surface area contributed by atoms with Crippen molar-refractivity contribution >= 4 is 18.3 Å². The minimum atomic E-state index is 0. The van der Waals surface area contributed by atoms with E-state index in [0.29, 0.717) is 17.9 Å². The number of rotatable bonds is 1. The summed E-state index contributed by atoms with van der Waals surface area (Å²) in [5.41, 5.74) is 0. The van der Waals surface area contributed by atoms with Crippen molar-refractivity contribution in [3.8, 4) is 0 Å². The lowest BCUT2D eigenvalue weighted by Gasteiger charge is -2.34. The van der Waals surface area contributed by atoms with Crippen LogP contribution in [0.25, 0.3) is 0 Å². The summed E-state index contributed by atoms with van der Waals surface area (Å²) in [6.45, 7) is 4.92. The summed E-state index contributed by atoms with van der Waals surface area (Å²) in [4.78, 5) is 14.6. The van der Waals surface area contributed by atoms with Crippen LogP contribution >= 0.6 is 12.4 Å². The number of hydrogen-bond donors (Lipinski definition) is 1. The van der Waals surface area contributed by atoms with Gasteiger partial charge in [-0.15, -0.1) is 12.4 Å². The second kappa shape index (κ2) is 8.00. The van der Waals surface area contributed by atoms with Gasteiger partial charge in [-0.3, -0.25) is 4.79 Å². The number of carbonyl (C=O) groups is 1. The van der Waals surface area contributed by atoms with Gasteiger partial charge in [0.1, 0.15) is 0 Å². The monoisotopic (exact) mass is 274 g/mol. The van der Waals surface area contributed by atoms with Crippen LogP contribution in [0.2, 0.25) is 0 Å². The molecule has 0 radical (unpaired) electrons. The third-order valence-electron chi connectivity index (χ3n) is 4.13. The van der Waals surface area contributed by atoms with Gasteiger partial charge in [-0.05, 0) is 19.8 Å². The number of halogens is 1. The summed E-state index contributed by atoms with van der Waals surface area (Å²) in [5, 5.41) is 3.40. The molecule has 1 aliphatic heterocycles. The van der Waals surface area contributed by atoms with E-state index in [1.165, 1.54) is 32.1 Å². The number of piperazine rings is 1. The topological polar surface area (TPSA) is 32.3 Å². The number of nitrogens with one attached hydrogen (secondary N) is 1. The van der Waals surface area contributed by atoms with Crippen LogP contribution in [-0.2, 0) is 4.79 Å². The van der Waals surface area contributed by atoms with Crippen LogP contribution in [0.15, 0.2) is 0 Å². The van der Waals surface area contributed by atoms with Crippen molar-refractivity contribution in [2.24, 2.45) is 5.92 Å². The van der Waals surface area contributed by atoms with Gasteiger partial charge in [0.05, 0.1) is 0 Å². The van der Waals surface area contributed by atoms with Crippen LogP contribution in [0, 0.1) is 5.92 Å². The van der Waals surface area contributed by atoms with Crippen LogP contribution in [0.3, 0.4) is 0 Å². The Morgan fingerprint density at radius 1 is 1.11 bits per heavy atom. The van der Waals surface area contributed by atoms with Gasteiger partial charge in [0.25, 0.3) is 0 Å². The lowest BCUT2D eigenvalue weighted by atomic mass is 9.90. The zero-order chi connectivity index (χ0) is 12.1. The predicted octanol–water partition coefficient (Wildman–Crippen LogP) is 2.59. The van der Waals surface area contributed by atoms with Gasteiger partial charge in [-0.1, -0.05) is 32.1 Å². The summed E-state index contributed by atoms with van der Waals surface area (Å²) >= 11 is 0. The fourth-order valence-electron chi connectivity index (χ4n) is 3.09. The van der Waals surface area contributed by atoms with Gasteiger partial charge in [-0.25, -0.2) is 0 Å². The summed E-state index contributed by atoms with van der Waals surface area (Å²) in [7, 11) is 0. The Balaban J connectivity index is 0.00000162. The molecule has 1 saturated heterocycles. The summed E-state index contributed by atoms with van der Waals surface area (Å²) in [5.74, 6) is 0.751. The van der Waals surface area contributed by atoms with Crippen molar-refractivity contribution in [3.63, 3.8) is 0 Å². The zero-order valence-electron chi connectivity index (χ0n) is 11.5. The smallest absolute Gasteiger partial charge is 0.225 e. The molecule has 4 heteroatoms. The highest BCUT2D eigenvalue weighted by Gasteiger charge is 2.27. The maximum Gasteiger partial charge on any atom is 0.225 e. The first kappa shape index (κ1) is 15.8. The second-order valence-electron chi connectivity index (χ2n) is 5.68. The minimum Gasteiger partial charge on any atom is -0.340 e. The Morgan fingerprint density at radius 2 is 1.72 bits per heavy atom. The molecule has 1 amide bonds. The zero-order valence-corrected chi connectivity index (χ0v) is 12.3. The fourth-order valence-corrected chi connectivity index (χ4v) is 3.09. The lowest BCUT2D eigenvalue weighted by Crippen LogP contribution is -2.52. The molecule has 2 fully saturated rings. The van der Waals surface area contributed by atoms with E-state index in [4.69, 9.17) is 0 Å². The Morgan fingerprint density at radius 3 is 2.33 bits per heavy atom. The van der Waals surface area contributed by atoms with E-state index in [2.05, 4.69) is 17.1 Å². The summed E-state index contributed by atoms with van der Waals surface area (Å²) in [6.07, 6.45) is 8.75. The van der Waals surface area contributed by atoms with E-state index in [1.54, 1.807) is 0 Å². The molecule has 1 saturated carbocycles. The van der Waals surface area contributed by atoms with E-state index in [9.17, 15) is 4.79 Å². The molecule has 0 spiro atoms. The average molecular weight is 275 g/mol. The van der Waals surface area contributed by atoms with E-state index in [0.717, 1.165) is 32.5 Å². The van der Waals surface area contributed by atoms with Crippen LogP contribution in [-0.4, -0.2) is 36.5 Å². The Hall–Kier alpha value is -0.280. The first-order valence-electron chi connectivity index (χ1n) is 7.29. The van der Waals surface area contributed by atoms with Crippen LogP contribution < -0.4 is 5.32 Å². The molecule has 3 nitrogen and oxygen atoms in total.